The fourth-order valence-electron chi connectivity index (χ4n) is 1.90. The minimum atomic E-state index is -0.437. The van der Waals surface area contributed by atoms with Gasteiger partial charge in [0.05, 0.1) is 12.7 Å². The van der Waals surface area contributed by atoms with Crippen molar-refractivity contribution >= 4 is 23.4 Å². The number of hydrogen-bond acceptors (Lipinski definition) is 3. The average Bonchev–Trinajstić information content (AvgIpc) is 2.58. The third kappa shape index (κ3) is 5.37. The Bertz CT molecular complexity index is 714. The van der Waals surface area contributed by atoms with Crippen LogP contribution < -0.4 is 10.9 Å². The maximum absolute atomic E-state index is 12.0. The van der Waals surface area contributed by atoms with Crippen LogP contribution in [0.25, 0.3) is 0 Å². The predicted octanol–water partition coefficient (Wildman–Crippen LogP) is 3.34. The molecule has 2 amide bonds. The Morgan fingerprint density at radius 1 is 1.00 bits per heavy atom. The highest BCUT2D eigenvalue weighted by Gasteiger charge is 2.09. The van der Waals surface area contributed by atoms with E-state index in [2.05, 4.69) is 10.9 Å². The van der Waals surface area contributed by atoms with Gasteiger partial charge in [-0.15, -0.1) is 0 Å². The van der Waals surface area contributed by atoms with Gasteiger partial charge in [-0.05, 0) is 49.7 Å². The molecule has 0 fully saturated rings. The first-order valence-corrected chi connectivity index (χ1v) is 7.90. The van der Waals surface area contributed by atoms with Crippen LogP contribution in [0.3, 0.4) is 0 Å². The topological polar surface area (TPSA) is 67.4 Å². The van der Waals surface area contributed by atoms with E-state index in [9.17, 15) is 9.59 Å². The first kappa shape index (κ1) is 18.0. The van der Waals surface area contributed by atoms with Gasteiger partial charge >= 0.3 is 0 Å². The molecule has 2 N–H and O–H groups in total. The largest absolute Gasteiger partial charge is 0.374 e. The number of benzene rings is 2. The van der Waals surface area contributed by atoms with Crippen LogP contribution in [-0.4, -0.2) is 17.9 Å². The highest BCUT2D eigenvalue weighted by molar-refractivity contribution is 6.30. The van der Waals surface area contributed by atoms with E-state index < -0.39 is 11.8 Å². The minimum Gasteiger partial charge on any atom is -0.374 e. The van der Waals surface area contributed by atoms with Crippen LogP contribution in [0.2, 0.25) is 5.02 Å². The van der Waals surface area contributed by atoms with Gasteiger partial charge in [-0.3, -0.25) is 20.4 Å². The zero-order valence-corrected chi connectivity index (χ0v) is 14.3. The van der Waals surface area contributed by atoms with Crippen LogP contribution in [-0.2, 0) is 11.3 Å². The number of hydrogen-bond donors (Lipinski definition) is 2. The van der Waals surface area contributed by atoms with Crippen LogP contribution in [0.15, 0.2) is 48.5 Å². The quantitative estimate of drug-likeness (QED) is 0.816. The van der Waals surface area contributed by atoms with E-state index >= 15 is 0 Å². The summed E-state index contributed by atoms with van der Waals surface area (Å²) in [6.45, 7) is 4.42. The minimum absolute atomic E-state index is 0.148. The lowest BCUT2D eigenvalue weighted by molar-refractivity contribution is 0.0656. The van der Waals surface area contributed by atoms with Crippen LogP contribution in [0.5, 0.6) is 0 Å². The van der Waals surface area contributed by atoms with Crippen molar-refractivity contribution < 1.29 is 14.3 Å². The van der Waals surface area contributed by atoms with Gasteiger partial charge in [0, 0.05) is 16.1 Å². The molecule has 0 heterocycles. The zero-order chi connectivity index (χ0) is 17.5. The lowest BCUT2D eigenvalue weighted by atomic mass is 10.1. The Balaban J connectivity index is 1.89. The summed E-state index contributed by atoms with van der Waals surface area (Å²) in [5.74, 6) is -0.838. The number of carbonyl (C=O) groups is 2. The molecule has 0 saturated heterocycles. The van der Waals surface area contributed by atoms with Crippen LogP contribution >= 0.6 is 11.6 Å². The molecular weight excluding hydrogens is 328 g/mol. The van der Waals surface area contributed by atoms with Crippen molar-refractivity contribution in [1.29, 1.82) is 0 Å². The van der Waals surface area contributed by atoms with Crippen molar-refractivity contribution in [2.45, 2.75) is 26.6 Å². The van der Waals surface area contributed by atoms with E-state index in [1.165, 1.54) is 6.07 Å². The van der Waals surface area contributed by atoms with Crippen LogP contribution in [0.4, 0.5) is 0 Å². The van der Waals surface area contributed by atoms with E-state index in [1.807, 2.05) is 26.0 Å². The zero-order valence-electron chi connectivity index (χ0n) is 13.5. The van der Waals surface area contributed by atoms with Crippen molar-refractivity contribution in [3.63, 3.8) is 0 Å². The summed E-state index contributed by atoms with van der Waals surface area (Å²) in [5, 5.41) is 0.452. The molecule has 2 aromatic carbocycles. The summed E-state index contributed by atoms with van der Waals surface area (Å²) in [4.78, 5) is 24.0. The fourth-order valence-corrected chi connectivity index (χ4v) is 2.09. The molecule has 24 heavy (non-hydrogen) atoms. The van der Waals surface area contributed by atoms with Crippen LogP contribution in [0, 0.1) is 0 Å². The van der Waals surface area contributed by atoms with Crippen molar-refractivity contribution in [2.24, 2.45) is 0 Å². The molecule has 0 aromatic heterocycles. The lowest BCUT2D eigenvalue weighted by Gasteiger charge is -2.09. The number of carbonyl (C=O) groups excluding carboxylic acids is 2. The second kappa shape index (κ2) is 8.47. The summed E-state index contributed by atoms with van der Waals surface area (Å²) >= 11 is 5.83. The molecule has 2 aromatic rings. The van der Waals surface area contributed by atoms with Gasteiger partial charge in [0.15, 0.2) is 0 Å². The Morgan fingerprint density at radius 2 is 1.62 bits per heavy atom. The summed E-state index contributed by atoms with van der Waals surface area (Å²) < 4.78 is 5.50. The van der Waals surface area contributed by atoms with Crippen LogP contribution in [0.1, 0.15) is 40.1 Å². The number of hydrazine groups is 1. The van der Waals surface area contributed by atoms with E-state index in [0.717, 1.165) is 5.56 Å². The van der Waals surface area contributed by atoms with Crippen molar-refractivity contribution in [2.75, 3.05) is 0 Å². The summed E-state index contributed by atoms with van der Waals surface area (Å²) in [7, 11) is 0. The molecule has 2 rings (SSSR count). The third-order valence-corrected chi connectivity index (χ3v) is 3.41. The highest BCUT2D eigenvalue weighted by atomic mass is 35.5. The van der Waals surface area contributed by atoms with E-state index in [1.54, 1.807) is 30.3 Å². The molecule has 126 valence electrons. The van der Waals surface area contributed by atoms with Gasteiger partial charge in [0.2, 0.25) is 0 Å². The second-order valence-electron chi connectivity index (χ2n) is 5.48. The van der Waals surface area contributed by atoms with E-state index in [4.69, 9.17) is 16.3 Å². The monoisotopic (exact) mass is 346 g/mol. The van der Waals surface area contributed by atoms with E-state index in [-0.39, 0.29) is 6.10 Å². The number of ether oxygens (including phenoxy) is 1. The summed E-state index contributed by atoms with van der Waals surface area (Å²) in [6.07, 6.45) is 0.148. The molecule has 0 saturated carbocycles. The SMILES string of the molecule is CC(C)OCc1ccc(C(=O)NNC(=O)c2cccc(Cl)c2)cc1. The van der Waals surface area contributed by atoms with Gasteiger partial charge in [-0.25, -0.2) is 0 Å². The fraction of sp³-hybridized carbons (Fsp3) is 0.222. The molecule has 0 aliphatic rings. The summed E-state index contributed by atoms with van der Waals surface area (Å²) in [5.41, 5.74) is 6.51. The molecule has 0 atom stereocenters. The predicted molar refractivity (Wildman–Crippen MR) is 92.8 cm³/mol. The Labute approximate surface area is 145 Å². The molecule has 0 spiro atoms. The first-order chi connectivity index (χ1) is 11.5. The average molecular weight is 347 g/mol. The standard InChI is InChI=1S/C18H19ClN2O3/c1-12(2)24-11-13-6-8-14(9-7-13)17(22)20-21-18(23)15-4-3-5-16(19)10-15/h3-10,12H,11H2,1-2H3,(H,20,22)(H,21,23). The van der Waals surface area contributed by atoms with Gasteiger partial charge in [0.25, 0.3) is 11.8 Å². The lowest BCUT2D eigenvalue weighted by Crippen LogP contribution is -2.41. The normalized spacial score (nSPS) is 10.5. The second-order valence-corrected chi connectivity index (χ2v) is 5.91. The molecule has 5 nitrogen and oxygen atoms in total. The Hall–Kier alpha value is -2.37. The number of halogens is 1. The van der Waals surface area contributed by atoms with Gasteiger partial charge in [-0.1, -0.05) is 29.8 Å². The van der Waals surface area contributed by atoms with E-state index in [0.29, 0.717) is 22.8 Å². The van der Waals surface area contributed by atoms with Crippen molar-refractivity contribution in [1.82, 2.24) is 10.9 Å². The highest BCUT2D eigenvalue weighted by Crippen LogP contribution is 2.10. The smallest absolute Gasteiger partial charge is 0.269 e. The van der Waals surface area contributed by atoms with Crippen molar-refractivity contribution in [3.8, 4) is 0 Å². The molecule has 0 radical (unpaired) electrons. The molecule has 0 aliphatic carbocycles. The summed E-state index contributed by atoms with van der Waals surface area (Å²) in [6, 6.07) is 13.5. The number of nitrogens with one attached hydrogen (secondary N) is 2. The van der Waals surface area contributed by atoms with Gasteiger partial charge in [0.1, 0.15) is 0 Å². The van der Waals surface area contributed by atoms with Crippen molar-refractivity contribution in [3.05, 3.63) is 70.2 Å². The number of amides is 2. The van der Waals surface area contributed by atoms with Gasteiger partial charge in [-0.2, -0.15) is 0 Å². The molecular formula is C18H19ClN2O3. The maximum atomic E-state index is 12.0. The molecule has 0 bridgehead atoms. The third-order valence-electron chi connectivity index (χ3n) is 3.18. The molecule has 0 unspecified atom stereocenters. The molecule has 6 heteroatoms. The molecule has 0 aliphatic heterocycles. The first-order valence-electron chi connectivity index (χ1n) is 7.52. The Kier molecular flexibility index (Phi) is 6.35. The maximum Gasteiger partial charge on any atom is 0.269 e. The van der Waals surface area contributed by atoms with Gasteiger partial charge < -0.3 is 4.74 Å². The Morgan fingerprint density at radius 3 is 2.21 bits per heavy atom. The number of rotatable bonds is 5.